The predicted octanol–water partition coefficient (Wildman–Crippen LogP) is 3.08. The molecule has 0 spiro atoms. The van der Waals surface area contributed by atoms with Gasteiger partial charge in [0.1, 0.15) is 12.4 Å². The van der Waals surface area contributed by atoms with Crippen LogP contribution in [0, 0.1) is 0 Å². The van der Waals surface area contributed by atoms with Crippen LogP contribution in [0.3, 0.4) is 0 Å². The van der Waals surface area contributed by atoms with Gasteiger partial charge < -0.3 is 9.84 Å². The Morgan fingerprint density at radius 1 is 1.21 bits per heavy atom. The van der Waals surface area contributed by atoms with E-state index in [1.807, 2.05) is 36.4 Å². The Kier molecular flexibility index (Phi) is 6.36. The molecule has 1 fully saturated rings. The highest BCUT2D eigenvalue weighted by atomic mass is 35.5. The number of rotatable bonds is 5. The van der Waals surface area contributed by atoms with Gasteiger partial charge in [-0.25, -0.2) is 14.0 Å². The van der Waals surface area contributed by atoms with Crippen LogP contribution in [0.2, 0.25) is 0 Å². The van der Waals surface area contributed by atoms with Gasteiger partial charge in [-0.15, -0.1) is 12.4 Å². The summed E-state index contributed by atoms with van der Waals surface area (Å²) < 4.78 is 8.66. The van der Waals surface area contributed by atoms with Crippen LogP contribution in [-0.4, -0.2) is 32.6 Å². The number of benzene rings is 1. The van der Waals surface area contributed by atoms with E-state index in [0.717, 1.165) is 43.1 Å². The molecule has 4 rings (SSSR count). The Morgan fingerprint density at radius 2 is 1.93 bits per heavy atom. The molecule has 0 saturated carbocycles. The summed E-state index contributed by atoms with van der Waals surface area (Å²) in [7, 11) is 0. The molecule has 1 aromatic carbocycles. The largest absolute Gasteiger partial charge is 0.359 e. The second kappa shape index (κ2) is 8.75. The number of halogens is 1. The first-order valence-corrected chi connectivity index (χ1v) is 9.55. The number of hydrogen-bond donors (Lipinski definition) is 1. The molecule has 28 heavy (non-hydrogen) atoms. The van der Waals surface area contributed by atoms with Crippen molar-refractivity contribution in [1.82, 2.24) is 24.8 Å². The van der Waals surface area contributed by atoms with Crippen molar-refractivity contribution in [2.24, 2.45) is 0 Å². The highest BCUT2D eigenvalue weighted by Crippen LogP contribution is 2.25. The van der Waals surface area contributed by atoms with Crippen LogP contribution in [0.15, 0.2) is 45.7 Å². The van der Waals surface area contributed by atoms with Gasteiger partial charge in [-0.05, 0) is 44.0 Å². The zero-order valence-electron chi connectivity index (χ0n) is 16.2. The summed E-state index contributed by atoms with van der Waals surface area (Å²) in [5.74, 6) is 2.03. The third-order valence-electron chi connectivity index (χ3n) is 5.06. The monoisotopic (exact) mass is 403 g/mol. The van der Waals surface area contributed by atoms with Gasteiger partial charge in [0.2, 0.25) is 0 Å². The second-order valence-corrected chi connectivity index (χ2v) is 7.37. The van der Waals surface area contributed by atoms with Crippen molar-refractivity contribution in [2.75, 3.05) is 13.1 Å². The van der Waals surface area contributed by atoms with Crippen molar-refractivity contribution in [1.29, 1.82) is 0 Å². The molecule has 0 bridgehead atoms. The van der Waals surface area contributed by atoms with E-state index in [1.165, 1.54) is 4.68 Å². The van der Waals surface area contributed by atoms with E-state index in [9.17, 15) is 4.79 Å². The fraction of sp³-hybridized carbons (Fsp3) is 0.450. The minimum atomic E-state index is -0.141. The summed E-state index contributed by atoms with van der Waals surface area (Å²) in [5.41, 5.74) is 1.60. The lowest BCUT2D eigenvalue weighted by Gasteiger charge is -2.22. The molecule has 3 heterocycles. The number of nitrogens with zero attached hydrogens (tertiary/aromatic N) is 4. The maximum atomic E-state index is 13.2. The average molecular weight is 404 g/mol. The highest BCUT2D eigenvalue weighted by Gasteiger charge is 2.25. The molecule has 0 aliphatic carbocycles. The summed E-state index contributed by atoms with van der Waals surface area (Å²) in [6.07, 6.45) is 1.95. The Bertz CT molecular complexity index is 955. The number of hydrogen-bond acceptors (Lipinski definition) is 5. The van der Waals surface area contributed by atoms with Crippen LogP contribution in [0.1, 0.15) is 55.8 Å². The average Bonchev–Trinajstić information content (AvgIpc) is 3.29. The third kappa shape index (κ3) is 4.05. The minimum absolute atomic E-state index is 0. The molecule has 1 N–H and O–H groups in total. The van der Waals surface area contributed by atoms with E-state index >= 15 is 0 Å². The first kappa shape index (κ1) is 20.4. The van der Waals surface area contributed by atoms with Gasteiger partial charge in [0.05, 0.1) is 11.4 Å². The quantitative estimate of drug-likeness (QED) is 0.708. The van der Waals surface area contributed by atoms with Gasteiger partial charge in [-0.1, -0.05) is 37.2 Å². The Morgan fingerprint density at radius 3 is 2.57 bits per heavy atom. The van der Waals surface area contributed by atoms with Gasteiger partial charge in [0.15, 0.2) is 5.76 Å². The zero-order chi connectivity index (χ0) is 18.8. The lowest BCUT2D eigenvalue weighted by molar-refractivity contribution is 0.361. The molecule has 0 amide bonds. The third-order valence-corrected chi connectivity index (χ3v) is 5.06. The van der Waals surface area contributed by atoms with Crippen molar-refractivity contribution in [3.05, 3.63) is 64.2 Å². The molecule has 0 unspecified atom stereocenters. The first-order chi connectivity index (χ1) is 13.1. The van der Waals surface area contributed by atoms with Gasteiger partial charge in [-0.2, -0.15) is 5.10 Å². The van der Waals surface area contributed by atoms with Crippen molar-refractivity contribution in [2.45, 2.75) is 45.1 Å². The molecule has 150 valence electrons. The molecule has 0 atom stereocenters. The summed E-state index contributed by atoms with van der Waals surface area (Å²) in [6.45, 7) is 6.30. The van der Waals surface area contributed by atoms with E-state index in [0.29, 0.717) is 5.76 Å². The van der Waals surface area contributed by atoms with Gasteiger partial charge in [0.25, 0.3) is 0 Å². The predicted molar refractivity (Wildman–Crippen MR) is 110 cm³/mol. The number of nitrogens with one attached hydrogen (secondary N) is 1. The first-order valence-electron chi connectivity index (χ1n) is 9.55. The maximum Gasteiger partial charge on any atom is 0.351 e. The van der Waals surface area contributed by atoms with E-state index in [1.54, 1.807) is 4.57 Å². The van der Waals surface area contributed by atoms with Gasteiger partial charge in [0, 0.05) is 12.0 Å². The lowest BCUT2D eigenvalue weighted by atomic mass is 9.97. The molecular formula is C20H26ClN5O2. The summed E-state index contributed by atoms with van der Waals surface area (Å²) in [5, 5.41) is 12.2. The summed E-state index contributed by atoms with van der Waals surface area (Å²) in [4.78, 5) is 13.2. The molecule has 1 saturated heterocycles. The van der Waals surface area contributed by atoms with Gasteiger partial charge >= 0.3 is 5.69 Å². The summed E-state index contributed by atoms with van der Waals surface area (Å²) >= 11 is 0. The fourth-order valence-corrected chi connectivity index (χ4v) is 3.51. The van der Waals surface area contributed by atoms with Crippen molar-refractivity contribution in [3.8, 4) is 5.69 Å². The molecule has 3 aromatic rings. The molecule has 8 heteroatoms. The molecule has 0 radical (unpaired) electrons. The molecular weight excluding hydrogens is 378 g/mol. The number of aromatic nitrogens is 4. The topological polar surface area (TPSA) is 77.9 Å². The SMILES string of the molecule is CC(C)c1cc(Cn2nc(C3CCNCC3)n(-c3ccccc3)c2=O)on1.Cl. The smallest absolute Gasteiger partial charge is 0.351 e. The van der Waals surface area contributed by atoms with Crippen molar-refractivity contribution in [3.63, 3.8) is 0 Å². The van der Waals surface area contributed by atoms with Crippen LogP contribution in [0.5, 0.6) is 0 Å². The van der Waals surface area contributed by atoms with E-state index < -0.39 is 0 Å². The van der Waals surface area contributed by atoms with Crippen LogP contribution in [-0.2, 0) is 6.54 Å². The fourth-order valence-electron chi connectivity index (χ4n) is 3.51. The number of para-hydroxylation sites is 1. The standard InChI is InChI=1S/C20H25N5O2.ClH/c1-14(2)18-12-17(27-23-18)13-24-20(26)25(16-6-4-3-5-7-16)19(22-24)15-8-10-21-11-9-15;/h3-7,12,14-15,21H,8-11,13H2,1-2H3;1H. The van der Waals surface area contributed by atoms with Crippen molar-refractivity contribution < 1.29 is 4.52 Å². The second-order valence-electron chi connectivity index (χ2n) is 7.37. The van der Waals surface area contributed by atoms with Crippen LogP contribution in [0.25, 0.3) is 5.69 Å². The van der Waals surface area contributed by atoms with E-state index in [2.05, 4.69) is 24.3 Å². The van der Waals surface area contributed by atoms with Gasteiger partial charge in [-0.3, -0.25) is 0 Å². The lowest BCUT2D eigenvalue weighted by Crippen LogP contribution is -2.29. The van der Waals surface area contributed by atoms with E-state index in [-0.39, 0.29) is 36.5 Å². The van der Waals surface area contributed by atoms with Crippen LogP contribution < -0.4 is 11.0 Å². The number of piperidine rings is 1. The van der Waals surface area contributed by atoms with Crippen LogP contribution in [0.4, 0.5) is 0 Å². The maximum absolute atomic E-state index is 13.2. The molecule has 1 aliphatic heterocycles. The summed E-state index contributed by atoms with van der Waals surface area (Å²) in [6, 6.07) is 11.6. The molecule has 2 aromatic heterocycles. The Hall–Kier alpha value is -2.38. The Balaban J connectivity index is 0.00000225. The molecule has 1 aliphatic rings. The highest BCUT2D eigenvalue weighted by molar-refractivity contribution is 5.85. The van der Waals surface area contributed by atoms with Crippen molar-refractivity contribution >= 4 is 12.4 Å². The van der Waals surface area contributed by atoms with E-state index in [4.69, 9.17) is 9.62 Å². The van der Waals surface area contributed by atoms with Crippen LogP contribution >= 0.6 is 12.4 Å². The normalized spacial score (nSPS) is 15.0. The molecule has 7 nitrogen and oxygen atoms in total. The zero-order valence-corrected chi connectivity index (χ0v) is 17.0. The minimum Gasteiger partial charge on any atom is -0.359 e. The Labute approximate surface area is 170 Å².